The summed E-state index contributed by atoms with van der Waals surface area (Å²) in [5.41, 5.74) is 4.36. The molecule has 108 valence electrons. The van der Waals surface area contributed by atoms with Gasteiger partial charge in [-0.25, -0.2) is 0 Å². The largest absolute Gasteiger partial charge is 0.355 e. The van der Waals surface area contributed by atoms with Crippen molar-refractivity contribution >= 4 is 5.69 Å². The fraction of sp³-hybridized carbons (Fsp3) is 0.368. The zero-order valence-electron chi connectivity index (χ0n) is 12.4. The molecule has 1 saturated heterocycles. The van der Waals surface area contributed by atoms with E-state index in [-0.39, 0.29) is 0 Å². The third kappa shape index (κ3) is 2.44. The predicted molar refractivity (Wildman–Crippen MR) is 87.1 cm³/mol. The van der Waals surface area contributed by atoms with E-state index < -0.39 is 0 Å². The predicted octanol–water partition coefficient (Wildman–Crippen LogP) is 4.02. The van der Waals surface area contributed by atoms with E-state index >= 15 is 0 Å². The molecule has 2 aromatic rings. The average Bonchev–Trinajstić information content (AvgIpc) is 2.56. The van der Waals surface area contributed by atoms with Gasteiger partial charge in [-0.2, -0.15) is 0 Å². The number of fused-ring (bicyclic) bond motifs is 3. The van der Waals surface area contributed by atoms with Crippen LogP contribution in [0.3, 0.4) is 0 Å². The number of piperidine rings is 1. The molecule has 2 aliphatic rings. The van der Waals surface area contributed by atoms with Crippen LogP contribution in [0.4, 0.5) is 5.69 Å². The summed E-state index contributed by atoms with van der Waals surface area (Å²) in [6, 6.07) is 19.8. The van der Waals surface area contributed by atoms with E-state index in [0.29, 0.717) is 6.17 Å². The minimum absolute atomic E-state index is 0.578. The molecule has 0 N–H and O–H groups in total. The number of rotatable bonds is 2. The summed E-state index contributed by atoms with van der Waals surface area (Å²) in [4.78, 5) is 5.28. The Bertz CT molecular complexity index is 608. The first-order valence-corrected chi connectivity index (χ1v) is 8.04. The first-order valence-electron chi connectivity index (χ1n) is 8.04. The molecule has 2 aliphatic heterocycles. The van der Waals surface area contributed by atoms with Gasteiger partial charge in [0.15, 0.2) is 0 Å². The third-order valence-corrected chi connectivity index (χ3v) is 4.80. The van der Waals surface area contributed by atoms with E-state index in [1.165, 1.54) is 42.6 Å². The molecule has 0 aromatic heterocycles. The van der Waals surface area contributed by atoms with E-state index in [2.05, 4.69) is 64.4 Å². The fourth-order valence-corrected chi connectivity index (χ4v) is 3.80. The van der Waals surface area contributed by atoms with Crippen molar-refractivity contribution in [3.63, 3.8) is 0 Å². The third-order valence-electron chi connectivity index (χ3n) is 4.80. The van der Waals surface area contributed by atoms with Crippen molar-refractivity contribution in [3.8, 4) is 0 Å². The van der Waals surface area contributed by atoms with Gasteiger partial charge in [-0.3, -0.25) is 4.90 Å². The zero-order chi connectivity index (χ0) is 14.1. The van der Waals surface area contributed by atoms with Gasteiger partial charge >= 0.3 is 0 Å². The molecule has 4 rings (SSSR count). The van der Waals surface area contributed by atoms with Crippen molar-refractivity contribution in [1.29, 1.82) is 0 Å². The topological polar surface area (TPSA) is 6.48 Å². The van der Waals surface area contributed by atoms with E-state index in [4.69, 9.17) is 0 Å². The lowest BCUT2D eigenvalue weighted by Gasteiger charge is -2.48. The lowest BCUT2D eigenvalue weighted by Crippen LogP contribution is -2.53. The molecule has 2 aromatic carbocycles. The van der Waals surface area contributed by atoms with Crippen LogP contribution in [0.5, 0.6) is 0 Å². The number of anilines is 1. The Morgan fingerprint density at radius 2 is 1.71 bits per heavy atom. The van der Waals surface area contributed by atoms with E-state index in [9.17, 15) is 0 Å². The number of benzene rings is 2. The summed E-state index contributed by atoms with van der Waals surface area (Å²) in [6.07, 6.45) is 4.55. The van der Waals surface area contributed by atoms with Crippen LogP contribution < -0.4 is 4.90 Å². The maximum atomic E-state index is 2.65. The molecule has 2 heterocycles. The Labute approximate surface area is 127 Å². The molecule has 0 bridgehead atoms. The molecule has 2 heteroatoms. The molecular formula is C19H22N2. The summed E-state index contributed by atoms with van der Waals surface area (Å²) in [7, 11) is 0. The van der Waals surface area contributed by atoms with Gasteiger partial charge in [-0.05, 0) is 36.5 Å². The molecule has 0 amide bonds. The van der Waals surface area contributed by atoms with Crippen LogP contribution in [0, 0.1) is 0 Å². The van der Waals surface area contributed by atoms with Crippen molar-refractivity contribution in [2.24, 2.45) is 0 Å². The highest BCUT2D eigenvalue weighted by Gasteiger charge is 2.33. The molecule has 1 unspecified atom stereocenters. The molecular weight excluding hydrogens is 256 g/mol. The van der Waals surface area contributed by atoms with Crippen molar-refractivity contribution in [2.75, 3.05) is 11.4 Å². The molecule has 2 nitrogen and oxygen atoms in total. The normalized spacial score (nSPS) is 21.7. The number of nitrogens with zero attached hydrogens (tertiary/aromatic N) is 2. The lowest BCUT2D eigenvalue weighted by molar-refractivity contribution is 0.136. The van der Waals surface area contributed by atoms with Gasteiger partial charge in [-0.1, -0.05) is 48.5 Å². The average molecular weight is 278 g/mol. The summed E-state index contributed by atoms with van der Waals surface area (Å²) in [5, 5.41) is 0. The van der Waals surface area contributed by atoms with Crippen molar-refractivity contribution in [3.05, 3.63) is 65.7 Å². The second-order valence-electron chi connectivity index (χ2n) is 6.19. The van der Waals surface area contributed by atoms with E-state index in [1.807, 2.05) is 0 Å². The van der Waals surface area contributed by atoms with Gasteiger partial charge in [0.2, 0.25) is 0 Å². The number of hydrogen-bond donors (Lipinski definition) is 0. The Balaban J connectivity index is 1.65. The monoisotopic (exact) mass is 278 g/mol. The second-order valence-corrected chi connectivity index (χ2v) is 6.19. The maximum Gasteiger partial charge on any atom is 0.0826 e. The molecule has 0 aliphatic carbocycles. The lowest BCUT2D eigenvalue weighted by atomic mass is 9.98. The van der Waals surface area contributed by atoms with E-state index in [0.717, 1.165) is 13.1 Å². The first-order chi connectivity index (χ1) is 10.4. The number of hydrogen-bond acceptors (Lipinski definition) is 2. The fourth-order valence-electron chi connectivity index (χ4n) is 3.80. The minimum Gasteiger partial charge on any atom is -0.355 e. The van der Waals surface area contributed by atoms with Crippen LogP contribution >= 0.6 is 0 Å². The van der Waals surface area contributed by atoms with Crippen LogP contribution in [0.25, 0.3) is 0 Å². The summed E-state index contributed by atoms with van der Waals surface area (Å²) in [6.45, 7) is 3.33. The smallest absolute Gasteiger partial charge is 0.0826 e. The molecule has 0 spiro atoms. The van der Waals surface area contributed by atoms with Gasteiger partial charge in [0, 0.05) is 25.3 Å². The van der Waals surface area contributed by atoms with Gasteiger partial charge in [-0.15, -0.1) is 0 Å². The standard InChI is InChI=1S/C19H22N2/c1-2-8-16(9-3-1)14-20-15-17-10-4-5-11-18(17)21-13-7-6-12-19(20)21/h1-5,8-11,19H,6-7,12-15H2. The van der Waals surface area contributed by atoms with E-state index in [1.54, 1.807) is 0 Å². The highest BCUT2D eigenvalue weighted by Crippen LogP contribution is 2.36. The molecule has 1 fully saturated rings. The van der Waals surface area contributed by atoms with Crippen molar-refractivity contribution < 1.29 is 0 Å². The quantitative estimate of drug-likeness (QED) is 0.818. The second kappa shape index (κ2) is 5.53. The Morgan fingerprint density at radius 1 is 0.905 bits per heavy atom. The maximum absolute atomic E-state index is 2.65. The SMILES string of the molecule is c1ccc(CN2Cc3ccccc3N3CCCCC23)cc1. The van der Waals surface area contributed by atoms with Crippen LogP contribution in [0.15, 0.2) is 54.6 Å². The molecule has 1 atom stereocenters. The van der Waals surface area contributed by atoms with Crippen LogP contribution in [-0.4, -0.2) is 17.6 Å². The van der Waals surface area contributed by atoms with Crippen LogP contribution in [0.2, 0.25) is 0 Å². The summed E-state index contributed by atoms with van der Waals surface area (Å²) >= 11 is 0. The molecule has 0 radical (unpaired) electrons. The van der Waals surface area contributed by atoms with Crippen LogP contribution in [0.1, 0.15) is 30.4 Å². The summed E-state index contributed by atoms with van der Waals surface area (Å²) < 4.78 is 0. The minimum atomic E-state index is 0.578. The Morgan fingerprint density at radius 3 is 2.62 bits per heavy atom. The molecule has 21 heavy (non-hydrogen) atoms. The van der Waals surface area contributed by atoms with Gasteiger partial charge in [0.25, 0.3) is 0 Å². The first kappa shape index (κ1) is 12.9. The zero-order valence-corrected chi connectivity index (χ0v) is 12.4. The highest BCUT2D eigenvalue weighted by molar-refractivity contribution is 5.56. The van der Waals surface area contributed by atoms with Gasteiger partial charge < -0.3 is 4.90 Å². The number of para-hydroxylation sites is 1. The summed E-state index contributed by atoms with van der Waals surface area (Å²) in [5.74, 6) is 0. The Hall–Kier alpha value is -1.80. The van der Waals surface area contributed by atoms with Crippen LogP contribution in [-0.2, 0) is 13.1 Å². The Kier molecular flexibility index (Phi) is 3.40. The molecule has 0 saturated carbocycles. The van der Waals surface area contributed by atoms with Gasteiger partial charge in [0.1, 0.15) is 0 Å². The van der Waals surface area contributed by atoms with Crippen molar-refractivity contribution in [1.82, 2.24) is 4.90 Å². The highest BCUT2D eigenvalue weighted by atomic mass is 15.4. The van der Waals surface area contributed by atoms with Gasteiger partial charge in [0.05, 0.1) is 6.17 Å². The van der Waals surface area contributed by atoms with Crippen molar-refractivity contribution in [2.45, 2.75) is 38.5 Å².